The lowest BCUT2D eigenvalue weighted by Gasteiger charge is -2.34. The summed E-state index contributed by atoms with van der Waals surface area (Å²) in [7, 11) is -3.51. The molecule has 3 aromatic rings. The van der Waals surface area contributed by atoms with Gasteiger partial charge in [0.05, 0.1) is 20.9 Å². The minimum absolute atomic E-state index is 0.0224. The van der Waals surface area contributed by atoms with Crippen molar-refractivity contribution in [2.75, 3.05) is 36.8 Å². The first-order valence-corrected chi connectivity index (χ1v) is 12.5. The van der Waals surface area contributed by atoms with E-state index in [0.717, 1.165) is 15.3 Å². The van der Waals surface area contributed by atoms with Crippen LogP contribution in [0.25, 0.3) is 10.2 Å². The van der Waals surface area contributed by atoms with Gasteiger partial charge in [-0.05, 0) is 48.9 Å². The number of hydrogen-bond acceptors (Lipinski definition) is 6. The van der Waals surface area contributed by atoms with Gasteiger partial charge in [0.2, 0.25) is 5.91 Å². The number of halogens is 1. The van der Waals surface area contributed by atoms with Crippen LogP contribution in [0, 0.1) is 6.92 Å². The molecule has 0 saturated carbocycles. The Morgan fingerprint density at radius 2 is 1.80 bits per heavy atom. The van der Waals surface area contributed by atoms with Crippen LogP contribution in [-0.4, -0.2) is 56.1 Å². The Kier molecular flexibility index (Phi) is 5.99. The Morgan fingerprint density at radius 1 is 1.10 bits per heavy atom. The molecule has 9 heteroatoms. The number of carbonyl (C=O) groups excluding carboxylic acids is 1. The van der Waals surface area contributed by atoms with Crippen molar-refractivity contribution in [1.82, 2.24) is 9.88 Å². The second kappa shape index (κ2) is 8.53. The summed E-state index contributed by atoms with van der Waals surface area (Å²) in [6.45, 7) is 4.57. The van der Waals surface area contributed by atoms with Crippen LogP contribution < -0.4 is 4.90 Å². The maximum atomic E-state index is 12.6. The number of benzene rings is 2. The van der Waals surface area contributed by atoms with Crippen molar-refractivity contribution in [3.8, 4) is 0 Å². The standard InChI is InChI=1S/C21H22ClN3O3S2/c1-15-2-7-18-19(14-15)29-21(23-18)25-11-9-24(10-12-25)20(26)8-13-30(27,28)17-5-3-16(22)4-6-17/h2-7,14H,8-13H2,1H3. The van der Waals surface area contributed by atoms with Gasteiger partial charge in [-0.3, -0.25) is 4.79 Å². The van der Waals surface area contributed by atoms with Gasteiger partial charge in [0, 0.05) is 37.6 Å². The second-order valence-corrected chi connectivity index (χ2v) is 10.9. The van der Waals surface area contributed by atoms with E-state index in [4.69, 9.17) is 16.6 Å². The summed E-state index contributed by atoms with van der Waals surface area (Å²) in [6, 6.07) is 12.3. The lowest BCUT2D eigenvalue weighted by atomic mass is 10.2. The third-order valence-electron chi connectivity index (χ3n) is 5.19. The summed E-state index contributed by atoms with van der Waals surface area (Å²) in [6.07, 6.45) is -0.0224. The van der Waals surface area contributed by atoms with Gasteiger partial charge in [-0.1, -0.05) is 29.0 Å². The fourth-order valence-corrected chi connectivity index (χ4v) is 5.91. The van der Waals surface area contributed by atoms with Gasteiger partial charge in [-0.25, -0.2) is 13.4 Å². The molecule has 6 nitrogen and oxygen atoms in total. The molecule has 1 aromatic heterocycles. The molecule has 1 fully saturated rings. The fourth-order valence-electron chi connectivity index (χ4n) is 3.44. The average molecular weight is 464 g/mol. The van der Waals surface area contributed by atoms with Crippen LogP contribution in [0.4, 0.5) is 5.13 Å². The number of fused-ring (bicyclic) bond motifs is 1. The molecule has 4 rings (SSSR count). The molecule has 1 amide bonds. The molecule has 30 heavy (non-hydrogen) atoms. The van der Waals surface area contributed by atoms with Crippen LogP contribution >= 0.6 is 22.9 Å². The number of aromatic nitrogens is 1. The Morgan fingerprint density at radius 3 is 2.50 bits per heavy atom. The Bertz CT molecular complexity index is 1170. The molecule has 2 heterocycles. The van der Waals surface area contributed by atoms with Crippen LogP contribution in [0.5, 0.6) is 0 Å². The van der Waals surface area contributed by atoms with Crippen LogP contribution in [0.3, 0.4) is 0 Å². The average Bonchev–Trinajstić information content (AvgIpc) is 3.16. The third kappa shape index (κ3) is 4.61. The topological polar surface area (TPSA) is 70.6 Å². The van der Waals surface area contributed by atoms with Crippen molar-refractivity contribution in [2.45, 2.75) is 18.2 Å². The van der Waals surface area contributed by atoms with Crippen molar-refractivity contribution < 1.29 is 13.2 Å². The number of anilines is 1. The molecule has 0 radical (unpaired) electrons. The Hall–Kier alpha value is -2.16. The molecular formula is C21H22ClN3O3S2. The first kappa shape index (κ1) is 21.1. The van der Waals surface area contributed by atoms with E-state index in [-0.39, 0.29) is 23.0 Å². The highest BCUT2D eigenvalue weighted by molar-refractivity contribution is 7.91. The van der Waals surface area contributed by atoms with Crippen LogP contribution in [0.2, 0.25) is 5.02 Å². The molecule has 0 spiro atoms. The largest absolute Gasteiger partial charge is 0.345 e. The first-order valence-electron chi connectivity index (χ1n) is 9.70. The number of nitrogens with zero attached hydrogens (tertiary/aromatic N) is 3. The van der Waals surface area contributed by atoms with Crippen molar-refractivity contribution in [2.24, 2.45) is 0 Å². The van der Waals surface area contributed by atoms with E-state index in [1.54, 1.807) is 28.4 Å². The number of sulfone groups is 1. The number of aryl methyl sites for hydroxylation is 1. The predicted octanol–water partition coefficient (Wildman–Crippen LogP) is 3.77. The number of amides is 1. The summed E-state index contributed by atoms with van der Waals surface area (Å²) in [4.78, 5) is 21.4. The van der Waals surface area contributed by atoms with Crippen molar-refractivity contribution in [3.05, 3.63) is 53.1 Å². The highest BCUT2D eigenvalue weighted by Gasteiger charge is 2.25. The number of piperazine rings is 1. The second-order valence-electron chi connectivity index (χ2n) is 7.36. The highest BCUT2D eigenvalue weighted by Crippen LogP contribution is 2.30. The normalized spacial score (nSPS) is 15.0. The molecule has 0 aliphatic carbocycles. The highest BCUT2D eigenvalue weighted by atomic mass is 35.5. The molecule has 1 saturated heterocycles. The van der Waals surface area contributed by atoms with E-state index in [2.05, 4.69) is 24.0 Å². The number of thiazole rings is 1. The zero-order valence-corrected chi connectivity index (χ0v) is 18.9. The molecule has 0 unspecified atom stereocenters. The molecule has 1 aliphatic heterocycles. The van der Waals surface area contributed by atoms with E-state index in [1.807, 2.05) is 6.07 Å². The summed E-state index contributed by atoms with van der Waals surface area (Å²) in [5, 5.41) is 1.44. The van der Waals surface area contributed by atoms with Gasteiger partial charge < -0.3 is 9.80 Å². The Balaban J connectivity index is 1.33. The smallest absolute Gasteiger partial charge is 0.223 e. The van der Waals surface area contributed by atoms with E-state index >= 15 is 0 Å². The van der Waals surface area contributed by atoms with Crippen molar-refractivity contribution in [3.63, 3.8) is 0 Å². The van der Waals surface area contributed by atoms with E-state index in [9.17, 15) is 13.2 Å². The number of hydrogen-bond donors (Lipinski definition) is 0. The summed E-state index contributed by atoms with van der Waals surface area (Å²) >= 11 is 7.48. The molecule has 1 aliphatic rings. The van der Waals surface area contributed by atoms with Crippen LogP contribution in [-0.2, 0) is 14.6 Å². The van der Waals surface area contributed by atoms with Crippen LogP contribution in [0.15, 0.2) is 47.4 Å². The maximum Gasteiger partial charge on any atom is 0.223 e. The third-order valence-corrected chi connectivity index (χ3v) is 8.26. The monoisotopic (exact) mass is 463 g/mol. The predicted molar refractivity (Wildman–Crippen MR) is 121 cm³/mol. The lowest BCUT2D eigenvalue weighted by Crippen LogP contribution is -2.49. The summed E-state index contributed by atoms with van der Waals surface area (Å²) in [5.41, 5.74) is 2.20. The van der Waals surface area contributed by atoms with Gasteiger partial charge in [0.25, 0.3) is 0 Å². The van der Waals surface area contributed by atoms with Crippen LogP contribution in [0.1, 0.15) is 12.0 Å². The van der Waals surface area contributed by atoms with E-state index in [0.29, 0.717) is 31.2 Å². The zero-order valence-electron chi connectivity index (χ0n) is 16.5. The molecule has 0 bridgehead atoms. The maximum absolute atomic E-state index is 12.6. The van der Waals surface area contributed by atoms with Gasteiger partial charge in [0.1, 0.15) is 0 Å². The molecule has 2 aromatic carbocycles. The quantitative estimate of drug-likeness (QED) is 0.576. The molecule has 158 valence electrons. The molecule has 0 atom stereocenters. The lowest BCUT2D eigenvalue weighted by molar-refractivity contribution is -0.131. The minimum Gasteiger partial charge on any atom is -0.345 e. The summed E-state index contributed by atoms with van der Waals surface area (Å²) < 4.78 is 26.1. The van der Waals surface area contributed by atoms with Gasteiger partial charge in [-0.15, -0.1) is 0 Å². The molecular weight excluding hydrogens is 442 g/mol. The number of carbonyl (C=O) groups is 1. The summed E-state index contributed by atoms with van der Waals surface area (Å²) in [5.74, 6) is -0.336. The van der Waals surface area contributed by atoms with Crippen molar-refractivity contribution in [1.29, 1.82) is 0 Å². The van der Waals surface area contributed by atoms with Crippen molar-refractivity contribution >= 4 is 54.0 Å². The van der Waals surface area contributed by atoms with Gasteiger partial charge in [-0.2, -0.15) is 0 Å². The fraction of sp³-hybridized carbons (Fsp3) is 0.333. The van der Waals surface area contributed by atoms with E-state index < -0.39 is 9.84 Å². The zero-order chi connectivity index (χ0) is 21.3. The van der Waals surface area contributed by atoms with E-state index in [1.165, 1.54) is 17.7 Å². The minimum atomic E-state index is -3.51. The SMILES string of the molecule is Cc1ccc2nc(N3CCN(C(=O)CCS(=O)(=O)c4ccc(Cl)cc4)CC3)sc2c1. The molecule has 0 N–H and O–H groups in total. The van der Waals surface area contributed by atoms with Gasteiger partial charge in [0.15, 0.2) is 15.0 Å². The van der Waals surface area contributed by atoms with Gasteiger partial charge >= 0.3 is 0 Å². The first-order chi connectivity index (χ1) is 14.3. The Labute approximate surface area is 185 Å². The number of rotatable bonds is 5.